The van der Waals surface area contributed by atoms with E-state index < -0.39 is 5.82 Å². The Labute approximate surface area is 116 Å². The lowest BCUT2D eigenvalue weighted by Gasteiger charge is -2.09. The van der Waals surface area contributed by atoms with Gasteiger partial charge >= 0.3 is 0 Å². The quantitative estimate of drug-likeness (QED) is 0.869. The highest BCUT2D eigenvalue weighted by molar-refractivity contribution is 5.54. The molecule has 2 rings (SSSR count). The van der Waals surface area contributed by atoms with Crippen molar-refractivity contribution in [2.24, 2.45) is 0 Å². The molecular weight excluding hydrogens is 259 g/mol. The number of nitrogens with zero attached hydrogens (tertiary/aromatic N) is 1. The van der Waals surface area contributed by atoms with Gasteiger partial charge in [0.2, 0.25) is 0 Å². The molecule has 0 spiro atoms. The molecule has 0 fully saturated rings. The first kappa shape index (κ1) is 13.7. The molecule has 4 nitrogen and oxygen atoms in total. The van der Waals surface area contributed by atoms with Gasteiger partial charge in [0.15, 0.2) is 0 Å². The smallest absolute Gasteiger partial charge is 0.144 e. The second-order valence-electron chi connectivity index (χ2n) is 4.12. The van der Waals surface area contributed by atoms with Crippen LogP contribution in [-0.2, 0) is 6.61 Å². The Morgan fingerprint density at radius 1 is 1.25 bits per heavy atom. The first-order valence-corrected chi connectivity index (χ1v) is 5.89. The molecule has 0 amide bonds. The molecule has 0 saturated heterocycles. The summed E-state index contributed by atoms with van der Waals surface area (Å²) in [6, 6.07) is 11.2. The normalized spacial score (nSPS) is 9.85. The minimum Gasteiger partial charge on any atom is -0.495 e. The number of halogens is 1. The van der Waals surface area contributed by atoms with E-state index in [1.807, 2.05) is 6.07 Å². The van der Waals surface area contributed by atoms with Crippen LogP contribution in [0.2, 0.25) is 0 Å². The number of nitrogens with two attached hydrogens (primary N) is 1. The Morgan fingerprint density at radius 3 is 2.65 bits per heavy atom. The third-order valence-corrected chi connectivity index (χ3v) is 2.76. The van der Waals surface area contributed by atoms with Crippen LogP contribution >= 0.6 is 0 Å². The van der Waals surface area contributed by atoms with Crippen molar-refractivity contribution < 1.29 is 13.9 Å². The largest absolute Gasteiger partial charge is 0.495 e. The van der Waals surface area contributed by atoms with Crippen LogP contribution in [0.3, 0.4) is 0 Å². The number of hydrogen-bond acceptors (Lipinski definition) is 4. The summed E-state index contributed by atoms with van der Waals surface area (Å²) in [6.45, 7) is 0.250. The maximum Gasteiger partial charge on any atom is 0.144 e. The Balaban J connectivity index is 2.07. The zero-order valence-corrected chi connectivity index (χ0v) is 10.9. The van der Waals surface area contributed by atoms with Gasteiger partial charge in [-0.2, -0.15) is 5.26 Å². The van der Waals surface area contributed by atoms with Crippen LogP contribution in [-0.4, -0.2) is 7.11 Å². The summed E-state index contributed by atoms with van der Waals surface area (Å²) < 4.78 is 23.9. The predicted octanol–water partition coefficient (Wildman–Crippen LogP) is 2.87. The van der Waals surface area contributed by atoms with Crippen molar-refractivity contribution in [1.29, 1.82) is 5.26 Å². The standard InChI is InChI=1S/C15H13FN2O2/c1-19-15-5-2-10(6-14(15)18)9-20-12-4-3-11(8-17)13(16)7-12/h2-7H,9,18H2,1H3. The van der Waals surface area contributed by atoms with Crippen molar-refractivity contribution in [1.82, 2.24) is 0 Å². The first-order valence-electron chi connectivity index (χ1n) is 5.89. The topological polar surface area (TPSA) is 68.3 Å². The van der Waals surface area contributed by atoms with Gasteiger partial charge in [-0.1, -0.05) is 6.07 Å². The highest BCUT2D eigenvalue weighted by Gasteiger charge is 2.05. The second-order valence-corrected chi connectivity index (χ2v) is 4.12. The van der Waals surface area contributed by atoms with Crippen LogP contribution in [0.15, 0.2) is 36.4 Å². The van der Waals surface area contributed by atoms with E-state index in [0.717, 1.165) is 5.56 Å². The van der Waals surface area contributed by atoms with Crippen LogP contribution < -0.4 is 15.2 Å². The van der Waals surface area contributed by atoms with Gasteiger partial charge in [-0.15, -0.1) is 0 Å². The summed E-state index contributed by atoms with van der Waals surface area (Å²) >= 11 is 0. The van der Waals surface area contributed by atoms with E-state index in [0.29, 0.717) is 17.2 Å². The number of benzene rings is 2. The summed E-state index contributed by atoms with van der Waals surface area (Å²) in [6.07, 6.45) is 0. The van der Waals surface area contributed by atoms with Gasteiger partial charge in [0.25, 0.3) is 0 Å². The van der Waals surface area contributed by atoms with E-state index in [2.05, 4.69) is 0 Å². The summed E-state index contributed by atoms with van der Waals surface area (Å²) in [4.78, 5) is 0. The van der Waals surface area contributed by atoms with Crippen LogP contribution in [0.4, 0.5) is 10.1 Å². The summed E-state index contributed by atoms with van der Waals surface area (Å²) in [7, 11) is 1.54. The van der Waals surface area contributed by atoms with E-state index in [9.17, 15) is 4.39 Å². The molecule has 0 saturated carbocycles. The molecule has 0 atom stereocenters. The van der Waals surface area contributed by atoms with Gasteiger partial charge < -0.3 is 15.2 Å². The van der Waals surface area contributed by atoms with Gasteiger partial charge in [-0.25, -0.2) is 4.39 Å². The van der Waals surface area contributed by atoms with E-state index in [-0.39, 0.29) is 12.2 Å². The van der Waals surface area contributed by atoms with Crippen LogP contribution in [0.1, 0.15) is 11.1 Å². The SMILES string of the molecule is COc1ccc(COc2ccc(C#N)c(F)c2)cc1N. The van der Waals surface area contributed by atoms with Crippen molar-refractivity contribution in [3.8, 4) is 17.6 Å². The van der Waals surface area contributed by atoms with E-state index in [1.54, 1.807) is 31.4 Å². The lowest BCUT2D eigenvalue weighted by Crippen LogP contribution is -1.99. The third-order valence-electron chi connectivity index (χ3n) is 2.76. The zero-order valence-electron chi connectivity index (χ0n) is 10.9. The Bertz CT molecular complexity index is 665. The molecule has 0 radical (unpaired) electrons. The predicted molar refractivity (Wildman–Crippen MR) is 72.9 cm³/mol. The van der Waals surface area contributed by atoms with Crippen LogP contribution in [0.25, 0.3) is 0 Å². The molecule has 0 aliphatic carbocycles. The second kappa shape index (κ2) is 5.93. The van der Waals surface area contributed by atoms with Gasteiger partial charge in [-0.3, -0.25) is 0 Å². The van der Waals surface area contributed by atoms with Gasteiger partial charge in [-0.05, 0) is 29.8 Å². The van der Waals surface area contributed by atoms with Gasteiger partial charge in [0.05, 0.1) is 18.4 Å². The molecule has 0 aliphatic rings. The third kappa shape index (κ3) is 2.98. The Morgan fingerprint density at radius 2 is 2.05 bits per heavy atom. The number of anilines is 1. The van der Waals surface area contributed by atoms with E-state index in [1.165, 1.54) is 12.1 Å². The van der Waals surface area contributed by atoms with Gasteiger partial charge in [0, 0.05) is 6.07 Å². The molecule has 0 heterocycles. The molecule has 0 aromatic heterocycles. The molecule has 0 unspecified atom stereocenters. The molecule has 2 aromatic carbocycles. The number of rotatable bonds is 4. The number of nitrogen functional groups attached to an aromatic ring is 1. The molecule has 5 heteroatoms. The first-order chi connectivity index (χ1) is 9.63. The van der Waals surface area contributed by atoms with Crippen LogP contribution in [0.5, 0.6) is 11.5 Å². The van der Waals surface area contributed by atoms with Crippen molar-refractivity contribution in [2.45, 2.75) is 6.61 Å². The molecule has 2 aromatic rings. The monoisotopic (exact) mass is 272 g/mol. The van der Waals surface area contributed by atoms with Crippen molar-refractivity contribution in [3.05, 3.63) is 53.3 Å². The van der Waals surface area contributed by atoms with Crippen LogP contribution in [0, 0.1) is 17.1 Å². The highest BCUT2D eigenvalue weighted by atomic mass is 19.1. The number of methoxy groups -OCH3 is 1. The fraction of sp³-hybridized carbons (Fsp3) is 0.133. The van der Waals surface area contributed by atoms with Gasteiger partial charge in [0.1, 0.15) is 30.0 Å². The Kier molecular flexibility index (Phi) is 4.06. The number of hydrogen-bond donors (Lipinski definition) is 1. The average Bonchev–Trinajstić information content (AvgIpc) is 2.45. The maximum atomic E-state index is 13.4. The summed E-state index contributed by atoms with van der Waals surface area (Å²) in [5.41, 5.74) is 7.13. The molecule has 0 bridgehead atoms. The number of ether oxygens (including phenoxy) is 2. The lowest BCUT2D eigenvalue weighted by molar-refractivity contribution is 0.304. The average molecular weight is 272 g/mol. The summed E-state index contributed by atoms with van der Waals surface area (Å²) in [5.74, 6) is 0.355. The molecule has 0 aliphatic heterocycles. The minimum absolute atomic E-state index is 0.00829. The maximum absolute atomic E-state index is 13.4. The van der Waals surface area contributed by atoms with E-state index in [4.69, 9.17) is 20.5 Å². The molecule has 20 heavy (non-hydrogen) atoms. The number of nitriles is 1. The fourth-order valence-electron chi connectivity index (χ4n) is 1.72. The lowest BCUT2D eigenvalue weighted by atomic mass is 10.2. The Hall–Kier alpha value is -2.74. The molecule has 102 valence electrons. The van der Waals surface area contributed by atoms with E-state index >= 15 is 0 Å². The van der Waals surface area contributed by atoms with Crippen molar-refractivity contribution in [2.75, 3.05) is 12.8 Å². The minimum atomic E-state index is -0.598. The highest BCUT2D eigenvalue weighted by Crippen LogP contribution is 2.23. The molecule has 2 N–H and O–H groups in total. The summed E-state index contributed by atoms with van der Waals surface area (Å²) in [5, 5.41) is 8.64. The van der Waals surface area contributed by atoms with Crippen molar-refractivity contribution >= 4 is 5.69 Å². The van der Waals surface area contributed by atoms with Crippen molar-refractivity contribution in [3.63, 3.8) is 0 Å². The fourth-order valence-corrected chi connectivity index (χ4v) is 1.72. The zero-order chi connectivity index (χ0) is 14.5. The molecular formula is C15H13FN2O2.